The molecule has 0 fully saturated rings. The van der Waals surface area contributed by atoms with Gasteiger partial charge in [-0.05, 0) is 23.9 Å². The SMILES string of the molecule is Oc1ccsc1-c1nc(C2CCOc3ccccc32)no1. The number of rotatable bonds is 2. The Bertz CT molecular complexity index is 781. The normalized spacial score (nSPS) is 17.2. The number of para-hydroxylation sites is 1. The number of benzene rings is 1. The van der Waals surface area contributed by atoms with Gasteiger partial charge in [0.05, 0.1) is 12.5 Å². The van der Waals surface area contributed by atoms with Crippen LogP contribution >= 0.6 is 11.3 Å². The third-order valence-corrected chi connectivity index (χ3v) is 4.44. The first kappa shape index (κ1) is 12.4. The molecule has 1 N–H and O–H groups in total. The highest BCUT2D eigenvalue weighted by Gasteiger charge is 2.27. The maximum Gasteiger partial charge on any atom is 0.271 e. The topological polar surface area (TPSA) is 68.4 Å². The van der Waals surface area contributed by atoms with Crippen LogP contribution in [0, 0.1) is 0 Å². The lowest BCUT2D eigenvalue weighted by atomic mass is 9.92. The predicted molar refractivity (Wildman–Crippen MR) is 77.7 cm³/mol. The molecule has 2 aromatic heterocycles. The standard InChI is InChI=1S/C15H12N2O3S/c18-11-6-8-21-13(11)15-16-14(17-20-15)10-5-7-19-12-4-2-1-3-9(10)12/h1-4,6,8,10,18H,5,7H2. The van der Waals surface area contributed by atoms with Gasteiger partial charge in [-0.1, -0.05) is 23.4 Å². The molecule has 0 saturated heterocycles. The molecule has 0 saturated carbocycles. The molecule has 1 unspecified atom stereocenters. The van der Waals surface area contributed by atoms with Crippen LogP contribution in [-0.2, 0) is 0 Å². The highest BCUT2D eigenvalue weighted by atomic mass is 32.1. The molecule has 0 bridgehead atoms. The molecule has 3 heterocycles. The average Bonchev–Trinajstić information content (AvgIpc) is 3.15. The monoisotopic (exact) mass is 300 g/mol. The minimum Gasteiger partial charge on any atom is -0.506 e. The second kappa shape index (κ2) is 4.89. The summed E-state index contributed by atoms with van der Waals surface area (Å²) in [5.41, 5.74) is 1.08. The van der Waals surface area contributed by atoms with Crippen LogP contribution in [0.25, 0.3) is 10.8 Å². The van der Waals surface area contributed by atoms with Crippen LogP contribution in [0.15, 0.2) is 40.2 Å². The number of aromatic nitrogens is 2. The Kier molecular flexibility index (Phi) is 2.89. The van der Waals surface area contributed by atoms with Gasteiger partial charge in [0, 0.05) is 5.56 Å². The first-order valence-electron chi connectivity index (χ1n) is 6.65. The van der Waals surface area contributed by atoms with Crippen molar-refractivity contribution < 1.29 is 14.4 Å². The van der Waals surface area contributed by atoms with E-state index in [9.17, 15) is 5.11 Å². The van der Waals surface area contributed by atoms with E-state index in [4.69, 9.17) is 9.26 Å². The summed E-state index contributed by atoms with van der Waals surface area (Å²) in [4.78, 5) is 5.06. The summed E-state index contributed by atoms with van der Waals surface area (Å²) >= 11 is 1.38. The lowest BCUT2D eigenvalue weighted by Gasteiger charge is -2.23. The summed E-state index contributed by atoms with van der Waals surface area (Å²) in [7, 11) is 0. The first-order chi connectivity index (χ1) is 10.3. The second-order valence-corrected chi connectivity index (χ2v) is 5.74. The molecule has 5 nitrogen and oxygen atoms in total. The van der Waals surface area contributed by atoms with Crippen molar-refractivity contribution in [3.8, 4) is 22.3 Å². The third-order valence-electron chi connectivity index (χ3n) is 3.55. The number of hydrogen-bond donors (Lipinski definition) is 1. The summed E-state index contributed by atoms with van der Waals surface area (Å²) in [5.74, 6) is 2.10. The quantitative estimate of drug-likeness (QED) is 0.785. The highest BCUT2D eigenvalue weighted by molar-refractivity contribution is 7.13. The number of hydrogen-bond acceptors (Lipinski definition) is 6. The van der Waals surface area contributed by atoms with Crippen molar-refractivity contribution in [2.45, 2.75) is 12.3 Å². The fourth-order valence-corrected chi connectivity index (χ4v) is 3.25. The van der Waals surface area contributed by atoms with Crippen molar-refractivity contribution in [3.05, 3.63) is 47.1 Å². The summed E-state index contributed by atoms with van der Waals surface area (Å²) in [6.45, 7) is 0.635. The van der Waals surface area contributed by atoms with Gasteiger partial charge in [-0.3, -0.25) is 0 Å². The predicted octanol–water partition coefficient (Wildman–Crippen LogP) is 3.42. The van der Waals surface area contributed by atoms with Gasteiger partial charge in [-0.25, -0.2) is 0 Å². The van der Waals surface area contributed by atoms with Crippen LogP contribution < -0.4 is 4.74 Å². The molecule has 1 aliphatic rings. The average molecular weight is 300 g/mol. The number of thiophene rings is 1. The van der Waals surface area contributed by atoms with E-state index in [1.807, 2.05) is 24.3 Å². The van der Waals surface area contributed by atoms with Gasteiger partial charge >= 0.3 is 0 Å². The maximum absolute atomic E-state index is 9.74. The number of nitrogens with zero attached hydrogens (tertiary/aromatic N) is 2. The van der Waals surface area contributed by atoms with Crippen LogP contribution in [0.3, 0.4) is 0 Å². The number of ether oxygens (including phenoxy) is 1. The van der Waals surface area contributed by atoms with Gasteiger partial charge < -0.3 is 14.4 Å². The Hall–Kier alpha value is -2.34. The molecule has 4 rings (SSSR count). The molecule has 6 heteroatoms. The molecule has 1 aromatic carbocycles. The molecule has 0 aliphatic carbocycles. The summed E-state index contributed by atoms with van der Waals surface area (Å²) < 4.78 is 11.0. The molecular formula is C15H12N2O3S. The summed E-state index contributed by atoms with van der Waals surface area (Å²) in [6.07, 6.45) is 0.812. The Morgan fingerprint density at radius 1 is 1.24 bits per heavy atom. The molecular weight excluding hydrogens is 288 g/mol. The van der Waals surface area contributed by atoms with Crippen LogP contribution in [0.4, 0.5) is 0 Å². The van der Waals surface area contributed by atoms with Crippen molar-refractivity contribution in [1.29, 1.82) is 0 Å². The third kappa shape index (κ3) is 2.08. The van der Waals surface area contributed by atoms with E-state index in [1.165, 1.54) is 11.3 Å². The van der Waals surface area contributed by atoms with Crippen LogP contribution in [0.5, 0.6) is 11.5 Å². The minimum atomic E-state index is 0.0644. The van der Waals surface area contributed by atoms with Crippen molar-refractivity contribution in [3.63, 3.8) is 0 Å². The zero-order chi connectivity index (χ0) is 14.2. The van der Waals surface area contributed by atoms with Crippen LogP contribution in [0.1, 0.15) is 23.7 Å². The van der Waals surface area contributed by atoms with E-state index < -0.39 is 0 Å². The fourth-order valence-electron chi connectivity index (χ4n) is 2.54. The van der Waals surface area contributed by atoms with E-state index >= 15 is 0 Å². The van der Waals surface area contributed by atoms with E-state index in [0.717, 1.165) is 17.7 Å². The minimum absolute atomic E-state index is 0.0644. The second-order valence-electron chi connectivity index (χ2n) is 4.82. The van der Waals surface area contributed by atoms with Gasteiger partial charge in [-0.15, -0.1) is 11.3 Å². The fraction of sp³-hybridized carbons (Fsp3) is 0.200. The largest absolute Gasteiger partial charge is 0.506 e. The molecule has 0 spiro atoms. The van der Waals surface area contributed by atoms with Crippen molar-refractivity contribution >= 4 is 11.3 Å². The van der Waals surface area contributed by atoms with Crippen molar-refractivity contribution in [1.82, 2.24) is 10.1 Å². The first-order valence-corrected chi connectivity index (χ1v) is 7.53. The lowest BCUT2D eigenvalue weighted by Crippen LogP contribution is -2.16. The molecule has 106 valence electrons. The number of aromatic hydroxyl groups is 1. The van der Waals surface area contributed by atoms with E-state index in [2.05, 4.69) is 10.1 Å². The van der Waals surface area contributed by atoms with Crippen molar-refractivity contribution in [2.24, 2.45) is 0 Å². The van der Waals surface area contributed by atoms with E-state index in [1.54, 1.807) is 11.4 Å². The Balaban J connectivity index is 1.73. The Morgan fingerprint density at radius 2 is 2.14 bits per heavy atom. The van der Waals surface area contributed by atoms with E-state index in [-0.39, 0.29) is 11.7 Å². The molecule has 21 heavy (non-hydrogen) atoms. The highest BCUT2D eigenvalue weighted by Crippen LogP contribution is 2.39. The van der Waals surface area contributed by atoms with Crippen LogP contribution in [-0.4, -0.2) is 21.9 Å². The molecule has 1 atom stereocenters. The Labute approximate surface area is 124 Å². The van der Waals surface area contributed by atoms with Crippen molar-refractivity contribution in [2.75, 3.05) is 6.61 Å². The maximum atomic E-state index is 9.74. The number of fused-ring (bicyclic) bond motifs is 1. The summed E-state index contributed by atoms with van der Waals surface area (Å²) in [6, 6.07) is 9.53. The van der Waals surface area contributed by atoms with Gasteiger partial charge in [0.2, 0.25) is 0 Å². The van der Waals surface area contributed by atoms with Gasteiger partial charge in [0.25, 0.3) is 5.89 Å². The Morgan fingerprint density at radius 3 is 3.00 bits per heavy atom. The van der Waals surface area contributed by atoms with Gasteiger partial charge in [-0.2, -0.15) is 4.98 Å². The molecule has 3 aromatic rings. The smallest absolute Gasteiger partial charge is 0.271 e. The van der Waals surface area contributed by atoms with Crippen LogP contribution in [0.2, 0.25) is 0 Å². The lowest BCUT2D eigenvalue weighted by molar-refractivity contribution is 0.272. The zero-order valence-corrected chi connectivity index (χ0v) is 11.8. The molecule has 0 amide bonds. The van der Waals surface area contributed by atoms with Gasteiger partial charge in [0.15, 0.2) is 5.82 Å². The molecule has 1 aliphatic heterocycles. The zero-order valence-electron chi connectivity index (χ0n) is 11.0. The summed E-state index contributed by atoms with van der Waals surface area (Å²) in [5, 5.41) is 15.6. The van der Waals surface area contributed by atoms with E-state index in [0.29, 0.717) is 23.2 Å². The van der Waals surface area contributed by atoms with Gasteiger partial charge in [0.1, 0.15) is 16.4 Å². The molecule has 0 radical (unpaired) electrons.